The smallest absolute Gasteiger partial charge is 0.0542 e. The first-order chi connectivity index (χ1) is 8.68. The van der Waals surface area contributed by atoms with Crippen molar-refractivity contribution in [3.8, 4) is 0 Å². The first-order valence-electron chi connectivity index (χ1n) is 8.36. The summed E-state index contributed by atoms with van der Waals surface area (Å²) in [5.74, 6) is 1.54. The first kappa shape index (κ1) is 16.0. The summed E-state index contributed by atoms with van der Waals surface area (Å²) in [7, 11) is 0. The Bertz CT molecular complexity index is 170. The molecule has 3 unspecified atom stereocenters. The van der Waals surface area contributed by atoms with Gasteiger partial charge in [-0.05, 0) is 31.1 Å². The van der Waals surface area contributed by atoms with Gasteiger partial charge in [0, 0.05) is 0 Å². The van der Waals surface area contributed by atoms with Gasteiger partial charge in [0.1, 0.15) is 0 Å². The van der Waals surface area contributed by atoms with Gasteiger partial charge in [0.2, 0.25) is 0 Å². The summed E-state index contributed by atoms with van der Waals surface area (Å²) in [5, 5.41) is 10.0. The van der Waals surface area contributed by atoms with E-state index in [1.807, 2.05) is 0 Å². The Morgan fingerprint density at radius 1 is 0.611 bits per heavy atom. The number of aliphatic hydroxyl groups excluding tert-OH is 1. The average molecular weight is 254 g/mol. The van der Waals surface area contributed by atoms with Gasteiger partial charge in [-0.25, -0.2) is 0 Å². The van der Waals surface area contributed by atoms with Crippen LogP contribution >= 0.6 is 0 Å². The molecule has 0 heterocycles. The van der Waals surface area contributed by atoms with Crippen molar-refractivity contribution in [1.29, 1.82) is 0 Å². The molecule has 1 fully saturated rings. The second-order valence-electron chi connectivity index (χ2n) is 6.74. The molecule has 0 aromatic heterocycles. The number of hydrogen-bond acceptors (Lipinski definition) is 1. The normalized spacial score (nSPS) is 34.5. The zero-order valence-electron chi connectivity index (χ0n) is 12.7. The van der Waals surface area contributed by atoms with Gasteiger partial charge >= 0.3 is 0 Å². The van der Waals surface area contributed by atoms with Crippen molar-refractivity contribution >= 4 is 0 Å². The Kier molecular flexibility index (Phi) is 8.75. The van der Waals surface area contributed by atoms with Crippen LogP contribution in [-0.2, 0) is 0 Å². The average Bonchev–Trinajstić information content (AvgIpc) is 2.30. The van der Waals surface area contributed by atoms with Gasteiger partial charge in [-0.3, -0.25) is 0 Å². The molecule has 0 spiro atoms. The molecule has 1 nitrogen and oxygen atoms in total. The van der Waals surface area contributed by atoms with E-state index in [0.29, 0.717) is 5.92 Å². The molecule has 0 aliphatic heterocycles. The van der Waals surface area contributed by atoms with Crippen molar-refractivity contribution in [2.24, 2.45) is 11.8 Å². The van der Waals surface area contributed by atoms with Gasteiger partial charge in [-0.1, -0.05) is 71.6 Å². The molecule has 0 amide bonds. The summed E-state index contributed by atoms with van der Waals surface area (Å²) < 4.78 is 0. The highest BCUT2D eigenvalue weighted by atomic mass is 16.3. The molecule has 0 aromatic carbocycles. The van der Waals surface area contributed by atoms with Crippen molar-refractivity contribution in [2.75, 3.05) is 0 Å². The molecular weight excluding hydrogens is 220 g/mol. The van der Waals surface area contributed by atoms with Gasteiger partial charge in [0.15, 0.2) is 0 Å². The monoisotopic (exact) mass is 254 g/mol. The Labute approximate surface area is 114 Å². The van der Waals surface area contributed by atoms with Crippen LogP contribution in [0.15, 0.2) is 0 Å². The molecule has 1 saturated carbocycles. The second-order valence-corrected chi connectivity index (χ2v) is 6.74. The highest BCUT2D eigenvalue weighted by Crippen LogP contribution is 2.24. The van der Waals surface area contributed by atoms with E-state index in [2.05, 4.69) is 13.8 Å². The summed E-state index contributed by atoms with van der Waals surface area (Å²) in [5.41, 5.74) is 0. The van der Waals surface area contributed by atoms with E-state index in [0.717, 1.165) is 18.8 Å². The summed E-state index contributed by atoms with van der Waals surface area (Å²) in [6, 6.07) is 0. The molecule has 1 aliphatic carbocycles. The highest BCUT2D eigenvalue weighted by Gasteiger charge is 2.13. The molecule has 0 radical (unpaired) electrons. The number of rotatable bonds is 0. The maximum absolute atomic E-state index is 10.0. The maximum atomic E-state index is 10.0. The minimum Gasteiger partial charge on any atom is -0.393 e. The zero-order chi connectivity index (χ0) is 13.2. The first-order valence-corrected chi connectivity index (χ1v) is 8.36. The van der Waals surface area contributed by atoms with E-state index >= 15 is 0 Å². The van der Waals surface area contributed by atoms with Gasteiger partial charge in [-0.2, -0.15) is 0 Å². The third-order valence-corrected chi connectivity index (χ3v) is 4.46. The number of aliphatic hydroxyl groups is 1. The fraction of sp³-hybridized carbons (Fsp3) is 1.00. The molecule has 108 valence electrons. The fourth-order valence-electron chi connectivity index (χ4n) is 3.42. The van der Waals surface area contributed by atoms with E-state index in [9.17, 15) is 5.11 Å². The number of hydrogen-bond donors (Lipinski definition) is 1. The van der Waals surface area contributed by atoms with Crippen LogP contribution in [-0.4, -0.2) is 11.2 Å². The van der Waals surface area contributed by atoms with Crippen molar-refractivity contribution < 1.29 is 5.11 Å². The van der Waals surface area contributed by atoms with Crippen LogP contribution < -0.4 is 0 Å². The van der Waals surface area contributed by atoms with Gasteiger partial charge in [0.05, 0.1) is 6.10 Å². The third kappa shape index (κ3) is 8.13. The molecule has 0 bridgehead atoms. The quantitative estimate of drug-likeness (QED) is 0.620. The largest absolute Gasteiger partial charge is 0.393 e. The Hall–Kier alpha value is -0.0400. The predicted octanol–water partition coefficient (Wildman–Crippen LogP) is 5.31. The maximum Gasteiger partial charge on any atom is 0.0542 e. The van der Waals surface area contributed by atoms with E-state index in [4.69, 9.17) is 0 Å². The predicted molar refractivity (Wildman–Crippen MR) is 79.7 cm³/mol. The van der Waals surface area contributed by atoms with Gasteiger partial charge in [0.25, 0.3) is 0 Å². The Morgan fingerprint density at radius 2 is 1.11 bits per heavy atom. The molecule has 1 N–H and O–H groups in total. The van der Waals surface area contributed by atoms with Crippen LogP contribution in [0.25, 0.3) is 0 Å². The van der Waals surface area contributed by atoms with Crippen molar-refractivity contribution in [3.05, 3.63) is 0 Å². The molecule has 1 rings (SSSR count). The topological polar surface area (TPSA) is 20.2 Å². The van der Waals surface area contributed by atoms with Crippen LogP contribution in [0.1, 0.15) is 90.9 Å². The molecule has 1 aliphatic rings. The van der Waals surface area contributed by atoms with Crippen molar-refractivity contribution in [2.45, 2.75) is 97.0 Å². The van der Waals surface area contributed by atoms with Gasteiger partial charge in [-0.15, -0.1) is 0 Å². The summed E-state index contributed by atoms with van der Waals surface area (Å²) >= 11 is 0. The summed E-state index contributed by atoms with van der Waals surface area (Å²) in [6.07, 6.45) is 15.7. The van der Waals surface area contributed by atoms with E-state index in [1.165, 1.54) is 64.2 Å². The highest BCUT2D eigenvalue weighted by molar-refractivity contribution is 4.66. The molecule has 3 atom stereocenters. The van der Waals surface area contributed by atoms with Crippen LogP contribution in [0.5, 0.6) is 0 Å². The van der Waals surface area contributed by atoms with E-state index < -0.39 is 0 Å². The SMILES string of the molecule is CC1CCCCCCCCCCC(O)CC(C)C1. The van der Waals surface area contributed by atoms with E-state index in [-0.39, 0.29) is 6.10 Å². The minimum atomic E-state index is -0.0441. The molecule has 1 heteroatoms. The Morgan fingerprint density at radius 3 is 1.72 bits per heavy atom. The lowest BCUT2D eigenvalue weighted by molar-refractivity contribution is 0.127. The lowest BCUT2D eigenvalue weighted by Crippen LogP contribution is -2.13. The van der Waals surface area contributed by atoms with E-state index in [1.54, 1.807) is 0 Å². The van der Waals surface area contributed by atoms with Gasteiger partial charge < -0.3 is 5.11 Å². The molecule has 0 saturated heterocycles. The Balaban J connectivity index is 2.31. The zero-order valence-corrected chi connectivity index (χ0v) is 12.7. The molecule has 18 heavy (non-hydrogen) atoms. The van der Waals surface area contributed by atoms with Crippen LogP contribution in [0, 0.1) is 11.8 Å². The molecule has 0 aromatic rings. The second kappa shape index (κ2) is 9.83. The molecular formula is C17H34O. The van der Waals surface area contributed by atoms with Crippen LogP contribution in [0.3, 0.4) is 0 Å². The minimum absolute atomic E-state index is 0.0441. The fourth-order valence-corrected chi connectivity index (χ4v) is 3.42. The third-order valence-electron chi connectivity index (χ3n) is 4.46. The van der Waals surface area contributed by atoms with Crippen molar-refractivity contribution in [1.82, 2.24) is 0 Å². The van der Waals surface area contributed by atoms with Crippen LogP contribution in [0.2, 0.25) is 0 Å². The van der Waals surface area contributed by atoms with Crippen LogP contribution in [0.4, 0.5) is 0 Å². The summed E-state index contributed by atoms with van der Waals surface area (Å²) in [6.45, 7) is 4.71. The van der Waals surface area contributed by atoms with Crippen molar-refractivity contribution in [3.63, 3.8) is 0 Å². The lowest BCUT2D eigenvalue weighted by Gasteiger charge is -2.20. The standard InChI is InChI=1S/C17H34O/c1-15-11-9-7-5-3-4-6-8-10-12-17(18)14-16(2)13-15/h15-18H,3-14H2,1-2H3. The summed E-state index contributed by atoms with van der Waals surface area (Å²) in [4.78, 5) is 0. The lowest BCUT2D eigenvalue weighted by atomic mass is 9.88.